The molecule has 0 spiro atoms. The van der Waals surface area contributed by atoms with E-state index in [0.29, 0.717) is 0 Å². The molecule has 2 aliphatic heterocycles. The lowest BCUT2D eigenvalue weighted by molar-refractivity contribution is -0.140. The van der Waals surface area contributed by atoms with E-state index >= 15 is 0 Å². The fraction of sp³-hybridized carbons (Fsp3) is 0.138. The van der Waals surface area contributed by atoms with E-state index in [2.05, 4.69) is 5.32 Å². The van der Waals surface area contributed by atoms with E-state index in [1.807, 2.05) is 60.7 Å². The second-order valence-electron chi connectivity index (χ2n) is 8.37. The lowest BCUT2D eigenvalue weighted by Gasteiger charge is -2.31. The monoisotopic (exact) mass is 526 g/mol. The van der Waals surface area contributed by atoms with Crippen LogP contribution < -0.4 is 5.32 Å². The van der Waals surface area contributed by atoms with Crippen LogP contribution in [-0.2, 0) is 41.7 Å². The summed E-state index contributed by atoms with van der Waals surface area (Å²) in [6.07, 6.45) is 6.55. The zero-order valence-electron chi connectivity index (χ0n) is 21.4. The van der Waals surface area contributed by atoms with Crippen LogP contribution in [0, 0.1) is 0 Å². The van der Waals surface area contributed by atoms with E-state index in [4.69, 9.17) is 14.5 Å². The number of fused-ring (bicyclic) bond motifs is 1. The Morgan fingerprint density at radius 2 is 1.46 bits per heavy atom. The van der Waals surface area contributed by atoms with Gasteiger partial charge in [-0.1, -0.05) is 66.7 Å². The molecule has 10 heteroatoms. The number of aliphatic imine (C=N–C) groups is 1. The van der Waals surface area contributed by atoms with Gasteiger partial charge in [-0.15, -0.1) is 0 Å². The minimum atomic E-state index is -1.03. The highest BCUT2D eigenvalue weighted by molar-refractivity contribution is 6.19. The maximum absolute atomic E-state index is 13.6. The third-order valence-corrected chi connectivity index (χ3v) is 5.93. The van der Waals surface area contributed by atoms with Gasteiger partial charge in [0.25, 0.3) is 5.91 Å². The van der Waals surface area contributed by atoms with Crippen molar-refractivity contribution < 1.29 is 28.7 Å². The lowest BCUT2D eigenvalue weighted by atomic mass is 10.00. The number of hydrogen-bond donors (Lipinski definition) is 1. The Kier molecular flexibility index (Phi) is 8.47. The average molecular weight is 527 g/mol. The molecule has 2 aliphatic rings. The van der Waals surface area contributed by atoms with Crippen LogP contribution in [0.1, 0.15) is 11.1 Å². The molecule has 39 heavy (non-hydrogen) atoms. The number of allylic oxidation sites excluding steroid dienone is 2. The van der Waals surface area contributed by atoms with Crippen LogP contribution in [0.15, 0.2) is 113 Å². The number of nitrogens with zero attached hydrogens (tertiary/aromatic N) is 3. The molecule has 2 aromatic carbocycles. The molecule has 0 radical (unpaired) electrons. The summed E-state index contributed by atoms with van der Waals surface area (Å²) < 4.78 is 10.1. The number of amidine groups is 1. The summed E-state index contributed by atoms with van der Waals surface area (Å²) in [5.74, 6) is -2.55. The predicted molar refractivity (Wildman–Crippen MR) is 142 cm³/mol. The Hall–Kier alpha value is -5.25. The van der Waals surface area contributed by atoms with Gasteiger partial charge in [-0.25, -0.2) is 14.6 Å². The Bertz CT molecular complexity index is 1380. The Morgan fingerprint density at radius 3 is 2.00 bits per heavy atom. The molecule has 2 heterocycles. The van der Waals surface area contributed by atoms with Crippen molar-refractivity contribution in [3.63, 3.8) is 0 Å². The van der Waals surface area contributed by atoms with Crippen LogP contribution in [0.4, 0.5) is 0 Å². The molecule has 4 rings (SSSR count). The Balaban J connectivity index is 2.08. The van der Waals surface area contributed by atoms with E-state index in [0.717, 1.165) is 25.3 Å². The van der Waals surface area contributed by atoms with Gasteiger partial charge in [0.05, 0.1) is 14.2 Å². The number of nitrogens with one attached hydrogen (secondary N) is 1. The predicted octanol–water partition coefficient (Wildman–Crippen LogP) is 2.57. The molecule has 2 amide bonds. The third kappa shape index (κ3) is 5.85. The summed E-state index contributed by atoms with van der Waals surface area (Å²) in [5, 5.41) is 2.30. The SMILES string of the molecule is COC(=O)C1=C(\NC=O)C(=O)N2C=CC=C/C2=N/C(N(Cc2ccccc2)Cc2ccccc2)=C\1C(=O)OC. The number of amides is 2. The maximum Gasteiger partial charge on any atom is 0.342 e. The molecule has 198 valence electrons. The molecule has 10 nitrogen and oxygen atoms in total. The zero-order valence-corrected chi connectivity index (χ0v) is 21.4. The summed E-state index contributed by atoms with van der Waals surface area (Å²) in [5.41, 5.74) is 0.530. The molecule has 1 N–H and O–H groups in total. The van der Waals surface area contributed by atoms with Gasteiger partial charge in [-0.3, -0.25) is 14.5 Å². The molecular weight excluding hydrogens is 500 g/mol. The Morgan fingerprint density at radius 1 is 0.897 bits per heavy atom. The molecular formula is C29H26N4O6. The van der Waals surface area contributed by atoms with Crippen LogP contribution in [0.3, 0.4) is 0 Å². The highest BCUT2D eigenvalue weighted by Gasteiger charge is 2.38. The summed E-state index contributed by atoms with van der Waals surface area (Å²) in [7, 11) is 2.26. The largest absolute Gasteiger partial charge is 0.465 e. The standard InChI is InChI=1S/C29H26N4O6/c1-38-28(36)23-24(29(37)39-2)26(31-22-15-9-10-16-33(22)27(35)25(23)30-19-34)32(17-20-11-5-3-6-12-20)18-21-13-7-4-8-14-21/h3-16,19H,17-18H2,1-2H3,(H,30,34)/b25-23-,26-24-,31-22-. The van der Waals surface area contributed by atoms with E-state index in [1.165, 1.54) is 11.1 Å². The number of esters is 2. The van der Waals surface area contributed by atoms with Crippen molar-refractivity contribution in [3.05, 3.63) is 119 Å². The van der Waals surface area contributed by atoms with Gasteiger partial charge in [-0.2, -0.15) is 0 Å². The van der Waals surface area contributed by atoms with Crippen molar-refractivity contribution in [3.8, 4) is 0 Å². The van der Waals surface area contributed by atoms with Crippen LogP contribution in [0.25, 0.3) is 0 Å². The van der Waals surface area contributed by atoms with Crippen molar-refractivity contribution in [1.82, 2.24) is 15.1 Å². The first-order valence-electron chi connectivity index (χ1n) is 11.9. The molecule has 0 saturated heterocycles. The fourth-order valence-electron chi connectivity index (χ4n) is 4.16. The van der Waals surface area contributed by atoms with Crippen molar-refractivity contribution >= 4 is 30.1 Å². The smallest absolute Gasteiger partial charge is 0.342 e. The van der Waals surface area contributed by atoms with Crippen molar-refractivity contribution in [2.45, 2.75) is 13.1 Å². The van der Waals surface area contributed by atoms with E-state index < -0.39 is 29.1 Å². The van der Waals surface area contributed by atoms with Crippen LogP contribution in [0.2, 0.25) is 0 Å². The summed E-state index contributed by atoms with van der Waals surface area (Å²) >= 11 is 0. The van der Waals surface area contributed by atoms with Crippen LogP contribution >= 0.6 is 0 Å². The highest BCUT2D eigenvalue weighted by atomic mass is 16.5. The number of carbonyl (C=O) groups is 4. The zero-order chi connectivity index (χ0) is 27.8. The second-order valence-corrected chi connectivity index (χ2v) is 8.37. The van der Waals surface area contributed by atoms with Gasteiger partial charge in [0, 0.05) is 19.3 Å². The molecule has 0 fully saturated rings. The van der Waals surface area contributed by atoms with Crippen LogP contribution in [0.5, 0.6) is 0 Å². The molecule has 0 unspecified atom stereocenters. The fourth-order valence-corrected chi connectivity index (χ4v) is 4.16. The first-order chi connectivity index (χ1) is 19.0. The maximum atomic E-state index is 13.6. The molecule has 0 aliphatic carbocycles. The van der Waals surface area contributed by atoms with Crippen LogP contribution in [-0.4, -0.2) is 54.1 Å². The van der Waals surface area contributed by atoms with E-state index in [1.54, 1.807) is 23.1 Å². The number of ether oxygens (including phenoxy) is 2. The van der Waals surface area contributed by atoms with Gasteiger partial charge in [0.15, 0.2) is 0 Å². The highest BCUT2D eigenvalue weighted by Crippen LogP contribution is 2.30. The van der Waals surface area contributed by atoms with E-state index in [-0.39, 0.29) is 36.7 Å². The minimum absolute atomic E-state index is 0.0487. The molecule has 0 aromatic heterocycles. The Labute approximate surface area is 225 Å². The normalized spacial score (nSPS) is 19.7. The molecule has 0 bridgehead atoms. The first kappa shape index (κ1) is 26.8. The number of benzene rings is 2. The minimum Gasteiger partial charge on any atom is -0.465 e. The van der Waals surface area contributed by atoms with Crippen molar-refractivity contribution in [2.75, 3.05) is 14.2 Å². The topological polar surface area (TPSA) is 118 Å². The van der Waals surface area contributed by atoms with Gasteiger partial charge in [0.2, 0.25) is 6.41 Å². The first-order valence-corrected chi connectivity index (χ1v) is 11.9. The van der Waals surface area contributed by atoms with Gasteiger partial charge in [-0.05, 0) is 23.3 Å². The number of methoxy groups -OCH3 is 2. The molecule has 0 atom stereocenters. The summed E-state index contributed by atoms with van der Waals surface area (Å²) in [6, 6.07) is 19.0. The van der Waals surface area contributed by atoms with Gasteiger partial charge < -0.3 is 19.7 Å². The van der Waals surface area contributed by atoms with Crippen molar-refractivity contribution in [2.24, 2.45) is 4.99 Å². The summed E-state index contributed by atoms with van der Waals surface area (Å²) in [6.45, 7) is 0.557. The molecule has 0 saturated carbocycles. The lowest BCUT2D eigenvalue weighted by Crippen LogP contribution is -2.41. The number of carbonyl (C=O) groups excluding carboxylic acids is 4. The summed E-state index contributed by atoms with van der Waals surface area (Å²) in [4.78, 5) is 59.5. The quantitative estimate of drug-likeness (QED) is 0.394. The van der Waals surface area contributed by atoms with Crippen molar-refractivity contribution in [1.29, 1.82) is 0 Å². The third-order valence-electron chi connectivity index (χ3n) is 5.93. The number of hydrogen-bond acceptors (Lipinski definition) is 8. The molecule has 2 aromatic rings. The van der Waals surface area contributed by atoms with E-state index in [9.17, 15) is 19.2 Å². The second kappa shape index (κ2) is 12.3. The van der Waals surface area contributed by atoms with Gasteiger partial charge >= 0.3 is 11.9 Å². The van der Waals surface area contributed by atoms with Gasteiger partial charge in [0.1, 0.15) is 28.5 Å². The number of rotatable bonds is 9. The average Bonchev–Trinajstić information content (AvgIpc) is 2.97.